The zero-order valence-electron chi connectivity index (χ0n) is 15.4. The number of nitrogens with two attached hydrogens (primary N) is 2. The number of amides is 1. The summed E-state index contributed by atoms with van der Waals surface area (Å²) in [4.78, 5) is 13.7. The maximum absolute atomic E-state index is 12.2. The number of carbonyl (C=O) groups is 1. The number of oxime groups is 2. The molecule has 0 aliphatic carbocycles. The number of amidine groups is 2. The van der Waals surface area contributed by atoms with Crippen LogP contribution >= 0.6 is 0 Å². The minimum absolute atomic E-state index is 0.0151. The molecule has 2 aromatic carbocycles. The van der Waals surface area contributed by atoms with Crippen molar-refractivity contribution >= 4 is 23.5 Å². The van der Waals surface area contributed by atoms with Crippen LogP contribution in [0.1, 0.15) is 16.7 Å². The molecular weight excluding hydrogens is 378 g/mol. The molecule has 10 heteroatoms. The minimum Gasteiger partial charge on any atom is -0.441 e. The third kappa shape index (κ3) is 4.74. The van der Waals surface area contributed by atoms with Gasteiger partial charge < -0.3 is 31.4 Å². The van der Waals surface area contributed by atoms with E-state index in [9.17, 15) is 4.79 Å². The normalized spacial score (nSPS) is 17.4. The number of nitrogens with zero attached hydrogens (tertiary/aromatic N) is 3. The fraction of sp³-hybridized carbons (Fsp3) is 0.211. The van der Waals surface area contributed by atoms with E-state index in [1.165, 1.54) is 4.90 Å². The Bertz CT molecular complexity index is 946. The number of cyclic esters (lactones) is 1. The van der Waals surface area contributed by atoms with Crippen LogP contribution in [0.15, 0.2) is 58.8 Å². The Labute approximate surface area is 166 Å². The van der Waals surface area contributed by atoms with Crippen LogP contribution in [0.25, 0.3) is 0 Å². The summed E-state index contributed by atoms with van der Waals surface area (Å²) in [5, 5.41) is 23.5. The molecule has 2 aromatic rings. The summed E-state index contributed by atoms with van der Waals surface area (Å²) in [5.41, 5.74) is 13.7. The first kappa shape index (κ1) is 20.0. The van der Waals surface area contributed by atoms with Crippen LogP contribution in [0.3, 0.4) is 0 Å². The molecule has 152 valence electrons. The second-order valence-electron chi connectivity index (χ2n) is 6.35. The van der Waals surface area contributed by atoms with E-state index in [0.717, 1.165) is 5.56 Å². The van der Waals surface area contributed by atoms with Gasteiger partial charge in [-0.2, -0.15) is 0 Å². The maximum Gasteiger partial charge on any atom is 0.414 e. The Morgan fingerprint density at radius 3 is 2.45 bits per heavy atom. The third-order valence-electron chi connectivity index (χ3n) is 4.34. The molecule has 1 unspecified atom stereocenters. The van der Waals surface area contributed by atoms with E-state index in [-0.39, 0.29) is 24.9 Å². The van der Waals surface area contributed by atoms with E-state index in [1.54, 1.807) is 42.5 Å². The average molecular weight is 399 g/mol. The van der Waals surface area contributed by atoms with Gasteiger partial charge in [0.25, 0.3) is 0 Å². The Morgan fingerprint density at radius 1 is 1.10 bits per heavy atom. The molecule has 1 atom stereocenters. The summed E-state index contributed by atoms with van der Waals surface area (Å²) in [6, 6.07) is 13.8. The van der Waals surface area contributed by atoms with Gasteiger partial charge in [0.2, 0.25) is 0 Å². The Kier molecular flexibility index (Phi) is 6.15. The highest BCUT2D eigenvalue weighted by molar-refractivity contribution is 5.99. The zero-order chi connectivity index (χ0) is 20.8. The minimum atomic E-state index is -0.496. The molecule has 1 fully saturated rings. The number of hydrogen-bond acceptors (Lipinski definition) is 7. The highest BCUT2D eigenvalue weighted by atomic mass is 16.6. The predicted molar refractivity (Wildman–Crippen MR) is 105 cm³/mol. The monoisotopic (exact) mass is 399 g/mol. The van der Waals surface area contributed by atoms with Crippen LogP contribution in [-0.2, 0) is 16.1 Å². The molecule has 1 aliphatic rings. The molecule has 1 amide bonds. The first-order valence-corrected chi connectivity index (χ1v) is 8.72. The van der Waals surface area contributed by atoms with Gasteiger partial charge in [0.1, 0.15) is 6.10 Å². The molecule has 0 saturated carbocycles. The van der Waals surface area contributed by atoms with Gasteiger partial charge in [0.15, 0.2) is 11.7 Å². The summed E-state index contributed by atoms with van der Waals surface area (Å²) in [6.45, 7) is 0.790. The lowest BCUT2D eigenvalue weighted by molar-refractivity contribution is 0.0381. The Balaban J connectivity index is 1.58. The van der Waals surface area contributed by atoms with Crippen molar-refractivity contribution in [3.8, 4) is 0 Å². The lowest BCUT2D eigenvalue weighted by Gasteiger charge is -2.14. The molecule has 3 rings (SSSR count). The van der Waals surface area contributed by atoms with Crippen molar-refractivity contribution in [2.75, 3.05) is 18.1 Å². The van der Waals surface area contributed by atoms with E-state index < -0.39 is 12.2 Å². The summed E-state index contributed by atoms with van der Waals surface area (Å²) >= 11 is 0. The molecule has 29 heavy (non-hydrogen) atoms. The SMILES string of the molecule is NC(=NO)c1cccc(COCC2CN(c3cccc(C(N)=NO)c3)C(=O)O2)c1. The van der Waals surface area contributed by atoms with Gasteiger partial charge in [-0.1, -0.05) is 40.6 Å². The van der Waals surface area contributed by atoms with Crippen LogP contribution in [-0.4, -0.2) is 47.4 Å². The van der Waals surface area contributed by atoms with Crippen LogP contribution in [0.4, 0.5) is 10.5 Å². The van der Waals surface area contributed by atoms with Crippen molar-refractivity contribution < 1.29 is 24.7 Å². The van der Waals surface area contributed by atoms with E-state index in [2.05, 4.69) is 10.3 Å². The van der Waals surface area contributed by atoms with E-state index >= 15 is 0 Å². The Morgan fingerprint density at radius 2 is 1.76 bits per heavy atom. The molecular formula is C19H21N5O5. The van der Waals surface area contributed by atoms with Gasteiger partial charge in [-0.05, 0) is 23.8 Å². The molecule has 1 heterocycles. The predicted octanol–water partition coefficient (Wildman–Crippen LogP) is 1.42. The van der Waals surface area contributed by atoms with Crippen molar-refractivity contribution in [3.63, 3.8) is 0 Å². The summed E-state index contributed by atoms with van der Waals surface area (Å²) in [6.07, 6.45) is -0.938. The zero-order valence-corrected chi connectivity index (χ0v) is 15.4. The van der Waals surface area contributed by atoms with Crippen LogP contribution in [0.2, 0.25) is 0 Å². The third-order valence-corrected chi connectivity index (χ3v) is 4.34. The summed E-state index contributed by atoms with van der Waals surface area (Å²) < 4.78 is 11.0. The molecule has 0 aromatic heterocycles. The largest absolute Gasteiger partial charge is 0.441 e. The quantitative estimate of drug-likeness (QED) is 0.237. The highest BCUT2D eigenvalue weighted by Crippen LogP contribution is 2.23. The van der Waals surface area contributed by atoms with Crippen LogP contribution < -0.4 is 16.4 Å². The van der Waals surface area contributed by atoms with Crippen LogP contribution in [0.5, 0.6) is 0 Å². The lowest BCUT2D eigenvalue weighted by Crippen LogP contribution is -2.26. The van der Waals surface area contributed by atoms with Gasteiger partial charge >= 0.3 is 6.09 Å². The van der Waals surface area contributed by atoms with Gasteiger partial charge in [0, 0.05) is 16.8 Å². The first-order chi connectivity index (χ1) is 14.0. The number of carbonyl (C=O) groups excluding carboxylic acids is 1. The number of anilines is 1. The number of rotatable bonds is 7. The van der Waals surface area contributed by atoms with E-state index in [0.29, 0.717) is 23.4 Å². The second-order valence-corrected chi connectivity index (χ2v) is 6.35. The topological polar surface area (TPSA) is 156 Å². The van der Waals surface area contributed by atoms with Gasteiger partial charge in [-0.25, -0.2) is 4.79 Å². The van der Waals surface area contributed by atoms with Crippen molar-refractivity contribution in [1.29, 1.82) is 0 Å². The average Bonchev–Trinajstić information content (AvgIpc) is 3.13. The lowest BCUT2D eigenvalue weighted by atomic mass is 10.1. The van der Waals surface area contributed by atoms with Crippen molar-refractivity contribution in [3.05, 3.63) is 65.2 Å². The smallest absolute Gasteiger partial charge is 0.414 e. The van der Waals surface area contributed by atoms with E-state index in [4.69, 9.17) is 31.4 Å². The number of ether oxygens (including phenoxy) is 2. The molecule has 10 nitrogen and oxygen atoms in total. The molecule has 6 N–H and O–H groups in total. The van der Waals surface area contributed by atoms with Crippen LogP contribution in [0, 0.1) is 0 Å². The second kappa shape index (κ2) is 8.93. The van der Waals surface area contributed by atoms with Gasteiger partial charge in [-0.15, -0.1) is 0 Å². The maximum atomic E-state index is 12.2. The fourth-order valence-corrected chi connectivity index (χ4v) is 2.90. The standard InChI is InChI=1S/C19H21N5O5/c20-17(22-26)13-4-1-3-12(7-13)10-28-11-16-9-24(19(25)29-16)15-6-2-5-14(8-15)18(21)23-27/h1-8,16,26-27H,9-11H2,(H2,20,22)(H2,21,23). The first-order valence-electron chi connectivity index (χ1n) is 8.72. The Hall–Kier alpha value is -3.79. The molecule has 0 spiro atoms. The molecule has 1 saturated heterocycles. The van der Waals surface area contributed by atoms with Crippen molar-refractivity contribution in [2.45, 2.75) is 12.7 Å². The molecule has 0 bridgehead atoms. The molecule has 0 radical (unpaired) electrons. The van der Waals surface area contributed by atoms with E-state index in [1.807, 2.05) is 6.07 Å². The number of hydrogen-bond donors (Lipinski definition) is 4. The van der Waals surface area contributed by atoms with Gasteiger partial charge in [0.05, 0.1) is 19.8 Å². The number of benzene rings is 2. The highest BCUT2D eigenvalue weighted by Gasteiger charge is 2.32. The fourth-order valence-electron chi connectivity index (χ4n) is 2.90. The van der Waals surface area contributed by atoms with Crippen molar-refractivity contribution in [2.24, 2.45) is 21.8 Å². The summed E-state index contributed by atoms with van der Waals surface area (Å²) in [7, 11) is 0. The van der Waals surface area contributed by atoms with Gasteiger partial charge in [-0.3, -0.25) is 4.90 Å². The summed E-state index contributed by atoms with van der Waals surface area (Å²) in [5.74, 6) is -0.0327. The molecule has 1 aliphatic heterocycles. The van der Waals surface area contributed by atoms with Crippen molar-refractivity contribution in [1.82, 2.24) is 0 Å².